The number of hydrogen-bond donors (Lipinski definition) is 0. The third kappa shape index (κ3) is 16.7. The number of ether oxygens (including phenoxy) is 2. The van der Waals surface area contributed by atoms with E-state index in [1.807, 2.05) is 81.3 Å². The third-order valence-electron chi connectivity index (χ3n) is 8.83. The Labute approximate surface area is 366 Å². The smallest absolute Gasteiger partial charge is 0.283 e. The number of rotatable bonds is 11. The number of hydrogen-bond acceptors (Lipinski definition) is 16. The monoisotopic (exact) mass is 888 g/mol. The van der Waals surface area contributed by atoms with Gasteiger partial charge in [-0.1, -0.05) is 62.3 Å². The molecule has 0 saturated heterocycles. The maximum atomic E-state index is 11.2. The summed E-state index contributed by atoms with van der Waals surface area (Å²) in [5, 5.41) is 65.8. The fourth-order valence-corrected chi connectivity index (χ4v) is 5.75. The minimum Gasteiger partial charge on any atom is -0.383 e. The number of aryl methyl sites for hydroxylation is 1. The van der Waals surface area contributed by atoms with Crippen LogP contribution in [0, 0.1) is 74.5 Å². The molecule has 348 valence electrons. The third-order valence-corrected chi connectivity index (χ3v) is 8.83. The van der Waals surface area contributed by atoms with E-state index in [-0.39, 0.29) is 46.1 Å². The molecule has 0 radical (unpaired) electrons. The van der Waals surface area contributed by atoms with E-state index >= 15 is 0 Å². The van der Waals surface area contributed by atoms with Crippen LogP contribution in [0.1, 0.15) is 95.7 Å². The van der Waals surface area contributed by atoms with Crippen molar-refractivity contribution in [1.29, 1.82) is 0 Å². The molecule has 22 heteroatoms. The molecule has 0 aliphatic rings. The molecule has 0 aromatic heterocycles. The fraction of sp³-hybridized carbons (Fsp3) is 0.512. The van der Waals surface area contributed by atoms with E-state index in [1.165, 1.54) is 31.2 Å². The summed E-state index contributed by atoms with van der Waals surface area (Å²) in [6.07, 6.45) is 3.03. The van der Waals surface area contributed by atoms with Gasteiger partial charge in [0, 0.05) is 56.6 Å². The summed E-state index contributed by atoms with van der Waals surface area (Å²) < 4.78 is 9.73. The van der Waals surface area contributed by atoms with Crippen LogP contribution in [0.5, 0.6) is 0 Å². The summed E-state index contributed by atoms with van der Waals surface area (Å²) in [5.74, 6) is 0. The molecule has 0 amide bonds. The van der Waals surface area contributed by atoms with E-state index in [4.69, 9.17) is 9.47 Å². The highest BCUT2D eigenvalue weighted by atomic mass is 16.7. The molecule has 63 heavy (non-hydrogen) atoms. The van der Waals surface area contributed by atoms with Crippen molar-refractivity contribution in [2.75, 3.05) is 42.4 Å². The van der Waals surface area contributed by atoms with Gasteiger partial charge >= 0.3 is 0 Å². The highest BCUT2D eigenvalue weighted by molar-refractivity contribution is 5.67. The van der Waals surface area contributed by atoms with E-state index in [0.717, 1.165) is 12.1 Å². The Balaban J connectivity index is 0.000000847. The van der Waals surface area contributed by atoms with Gasteiger partial charge in [-0.25, -0.2) is 0 Å². The van der Waals surface area contributed by atoms with Crippen LogP contribution in [0.15, 0.2) is 42.6 Å². The SMILES string of the molecule is CN(C)/C=C/c1cc(C(C)(C)C)c([N+](=O)[O-])cc1[N+](=O)[O-].COC(OC)N(C)C.Cc1c([N+](=O)[O-])ccc(C(C)(C)C)c1[N+](=O)[O-].Cc1cc(C(C)(C)C)c([N+](=O)[O-])cc1[N+](=O)[O-]. The maximum Gasteiger partial charge on any atom is 0.283 e. The van der Waals surface area contributed by atoms with Crippen LogP contribution >= 0.6 is 0 Å². The lowest BCUT2D eigenvalue weighted by Crippen LogP contribution is -2.30. The Morgan fingerprint density at radius 3 is 1.21 bits per heavy atom. The van der Waals surface area contributed by atoms with Crippen molar-refractivity contribution in [2.24, 2.45) is 0 Å². The van der Waals surface area contributed by atoms with E-state index in [2.05, 4.69) is 0 Å². The topological polar surface area (TPSA) is 284 Å². The molecule has 0 heterocycles. The zero-order valence-electron chi connectivity index (χ0n) is 39.0. The second-order valence-corrected chi connectivity index (χ2v) is 17.5. The van der Waals surface area contributed by atoms with Crippen LogP contribution in [0.2, 0.25) is 0 Å². The Morgan fingerprint density at radius 2 is 0.905 bits per heavy atom. The van der Waals surface area contributed by atoms with E-state index in [9.17, 15) is 60.7 Å². The van der Waals surface area contributed by atoms with Gasteiger partial charge in [0.05, 0.1) is 47.2 Å². The molecular weight excluding hydrogens is 828 g/mol. The first-order chi connectivity index (χ1) is 28.6. The molecule has 0 unspecified atom stereocenters. The van der Waals surface area contributed by atoms with E-state index < -0.39 is 45.8 Å². The molecule has 0 N–H and O–H groups in total. The van der Waals surface area contributed by atoms with Crippen molar-refractivity contribution in [1.82, 2.24) is 9.80 Å². The van der Waals surface area contributed by atoms with Gasteiger partial charge in [0.25, 0.3) is 34.1 Å². The van der Waals surface area contributed by atoms with Crippen molar-refractivity contribution in [3.63, 3.8) is 0 Å². The first kappa shape index (κ1) is 56.5. The van der Waals surface area contributed by atoms with Gasteiger partial charge in [-0.05, 0) is 74.7 Å². The number of benzene rings is 3. The van der Waals surface area contributed by atoms with Crippen molar-refractivity contribution >= 4 is 40.2 Å². The van der Waals surface area contributed by atoms with Gasteiger partial charge in [0.2, 0.25) is 6.41 Å². The Bertz CT molecular complexity index is 2160. The van der Waals surface area contributed by atoms with Crippen LogP contribution in [0.3, 0.4) is 0 Å². The quantitative estimate of drug-likeness (QED) is 0.0983. The van der Waals surface area contributed by atoms with Gasteiger partial charge in [-0.2, -0.15) is 0 Å². The molecule has 0 saturated carbocycles. The average Bonchev–Trinajstić information content (AvgIpc) is 3.12. The largest absolute Gasteiger partial charge is 0.383 e. The number of nitro benzene ring substituents is 6. The van der Waals surface area contributed by atoms with Crippen LogP contribution in [0.4, 0.5) is 34.1 Å². The van der Waals surface area contributed by atoms with Gasteiger partial charge in [0.1, 0.15) is 5.56 Å². The maximum absolute atomic E-state index is 11.2. The Hall–Kier alpha value is -6.52. The molecule has 0 fully saturated rings. The average molecular weight is 889 g/mol. The summed E-state index contributed by atoms with van der Waals surface area (Å²) >= 11 is 0. The second-order valence-electron chi connectivity index (χ2n) is 17.5. The summed E-state index contributed by atoms with van der Waals surface area (Å²) in [6, 6.07) is 7.91. The second kappa shape index (κ2) is 23.1. The van der Waals surface area contributed by atoms with Crippen LogP contribution in [0.25, 0.3) is 6.08 Å². The Morgan fingerprint density at radius 1 is 0.524 bits per heavy atom. The minimum absolute atomic E-state index is 0.104. The lowest BCUT2D eigenvalue weighted by atomic mass is 9.84. The summed E-state index contributed by atoms with van der Waals surface area (Å²) in [7, 11) is 10.6. The zero-order valence-corrected chi connectivity index (χ0v) is 39.0. The molecule has 0 aliphatic heterocycles. The molecule has 22 nitrogen and oxygen atoms in total. The predicted molar refractivity (Wildman–Crippen MR) is 239 cm³/mol. The van der Waals surface area contributed by atoms with Crippen LogP contribution < -0.4 is 0 Å². The molecule has 0 atom stereocenters. The highest BCUT2D eigenvalue weighted by Gasteiger charge is 2.32. The van der Waals surface area contributed by atoms with Gasteiger partial charge in [0.15, 0.2) is 0 Å². The highest BCUT2D eigenvalue weighted by Crippen LogP contribution is 2.39. The van der Waals surface area contributed by atoms with Crippen LogP contribution in [-0.4, -0.2) is 88.2 Å². The molecular formula is C41H60N8O14. The Kier molecular flexibility index (Phi) is 20.7. The molecule has 0 aliphatic carbocycles. The van der Waals surface area contributed by atoms with Crippen LogP contribution in [-0.2, 0) is 25.7 Å². The minimum atomic E-state index is -0.602. The first-order valence-corrected chi connectivity index (χ1v) is 19.0. The number of methoxy groups -OCH3 is 2. The van der Waals surface area contributed by atoms with E-state index in [0.29, 0.717) is 27.8 Å². The standard InChI is InChI=1S/C14H19N3O4.2C11H14N2O4.C5H13NO2/c1-14(2,3)11-8-10(6-7-15(4)5)12(16(18)19)9-13(11)17(20)21;1-7-5-8(11(2,3)4)10(13(16)17)6-9(7)12(14)15;1-7-9(12(14)15)6-5-8(11(2,3)4)10(7)13(16)17;1-6(2)5(7-3)8-4/h6-9H,1-5H3;2*5-6H,1-4H3;5H,1-4H3/b7-6+;;;. The lowest BCUT2D eigenvalue weighted by Gasteiger charge is -2.19. The molecule has 3 rings (SSSR count). The zero-order chi connectivity index (χ0) is 49.7. The van der Waals surface area contributed by atoms with Crippen molar-refractivity contribution < 1.29 is 39.0 Å². The normalized spacial score (nSPS) is 11.4. The summed E-state index contributed by atoms with van der Waals surface area (Å²) in [5.41, 5.74) is -0.266. The van der Waals surface area contributed by atoms with Crippen molar-refractivity contribution in [2.45, 2.75) is 98.8 Å². The molecule has 3 aromatic rings. The first-order valence-electron chi connectivity index (χ1n) is 19.0. The molecule has 0 bridgehead atoms. The van der Waals surface area contributed by atoms with Gasteiger partial charge < -0.3 is 14.4 Å². The predicted octanol–water partition coefficient (Wildman–Crippen LogP) is 9.68. The van der Waals surface area contributed by atoms with E-state index in [1.54, 1.807) is 52.4 Å². The number of nitro groups is 6. The molecule has 0 spiro atoms. The van der Waals surface area contributed by atoms with Gasteiger partial charge in [-0.3, -0.25) is 65.6 Å². The summed E-state index contributed by atoms with van der Waals surface area (Å²) in [6.45, 7) is 19.5. The van der Waals surface area contributed by atoms with Gasteiger partial charge in [-0.15, -0.1) is 0 Å². The summed E-state index contributed by atoms with van der Waals surface area (Å²) in [4.78, 5) is 65.8. The fourth-order valence-electron chi connectivity index (χ4n) is 5.75. The lowest BCUT2D eigenvalue weighted by molar-refractivity contribution is -0.396. The van der Waals surface area contributed by atoms with Crippen molar-refractivity contribution in [3.8, 4) is 0 Å². The van der Waals surface area contributed by atoms with Crippen molar-refractivity contribution in [3.05, 3.63) is 137 Å². The number of nitrogens with zero attached hydrogens (tertiary/aromatic N) is 8. The molecule has 3 aromatic carbocycles.